The van der Waals surface area contributed by atoms with Gasteiger partial charge in [0.1, 0.15) is 0 Å². The average Bonchev–Trinajstić information content (AvgIpc) is 2.76. The lowest BCUT2D eigenvalue weighted by molar-refractivity contribution is -0.143. The number of carbonyl (C=O) groups is 2. The van der Waals surface area contributed by atoms with Crippen molar-refractivity contribution in [3.63, 3.8) is 0 Å². The summed E-state index contributed by atoms with van der Waals surface area (Å²) in [6.07, 6.45) is 1.34. The van der Waals surface area contributed by atoms with Gasteiger partial charge in [0, 0.05) is 18.8 Å². The van der Waals surface area contributed by atoms with Gasteiger partial charge in [-0.25, -0.2) is 13.6 Å². The topological polar surface area (TPSA) is 140 Å². The minimum atomic E-state index is -3.45. The average molecular weight is 342 g/mol. The standard InChI is InChI=1S/C10H12N2O2S.C4H6O4/c1-12-5-4-9-6-8(2-3-10(9)12)7-15(11,13)14;5-3(6)1-2-4(7)8/h2-6H,7H2,1H3,(H2,11,13,14);1-2H2,(H,5,6)(H,7,8). The van der Waals surface area contributed by atoms with Crippen LogP contribution < -0.4 is 5.14 Å². The van der Waals surface area contributed by atoms with Crippen LogP contribution in [0.4, 0.5) is 0 Å². The Hall–Kier alpha value is -2.39. The number of aromatic nitrogens is 1. The minimum Gasteiger partial charge on any atom is -0.481 e. The molecule has 0 spiro atoms. The van der Waals surface area contributed by atoms with E-state index in [1.807, 2.05) is 36.0 Å². The lowest BCUT2D eigenvalue weighted by Gasteiger charge is -2.00. The summed E-state index contributed by atoms with van der Waals surface area (Å²) in [5, 5.41) is 21.8. The summed E-state index contributed by atoms with van der Waals surface area (Å²) in [5.74, 6) is -2.27. The Labute approximate surface area is 133 Å². The van der Waals surface area contributed by atoms with E-state index in [0.717, 1.165) is 16.5 Å². The Morgan fingerprint density at radius 2 is 1.70 bits per heavy atom. The third-order valence-electron chi connectivity index (χ3n) is 2.87. The van der Waals surface area contributed by atoms with Gasteiger partial charge in [0.2, 0.25) is 10.0 Å². The quantitative estimate of drug-likeness (QED) is 0.737. The van der Waals surface area contributed by atoms with E-state index in [4.69, 9.17) is 15.4 Å². The maximum atomic E-state index is 10.9. The van der Waals surface area contributed by atoms with Crippen LogP contribution in [-0.4, -0.2) is 35.1 Å². The highest BCUT2D eigenvalue weighted by atomic mass is 32.2. The smallest absolute Gasteiger partial charge is 0.303 e. The Kier molecular flexibility index (Phi) is 6.28. The lowest BCUT2D eigenvalue weighted by atomic mass is 10.2. The zero-order valence-electron chi connectivity index (χ0n) is 12.5. The molecular weight excluding hydrogens is 324 g/mol. The van der Waals surface area contributed by atoms with Crippen LogP contribution in [0.3, 0.4) is 0 Å². The summed E-state index contributed by atoms with van der Waals surface area (Å²) in [6, 6.07) is 7.48. The van der Waals surface area contributed by atoms with Crippen LogP contribution in [0.2, 0.25) is 0 Å². The van der Waals surface area contributed by atoms with Crippen LogP contribution in [0, 0.1) is 0 Å². The van der Waals surface area contributed by atoms with Gasteiger partial charge in [0.15, 0.2) is 0 Å². The number of hydrogen-bond donors (Lipinski definition) is 3. The Morgan fingerprint density at radius 1 is 1.13 bits per heavy atom. The van der Waals surface area contributed by atoms with Crippen molar-refractivity contribution in [1.29, 1.82) is 0 Å². The van der Waals surface area contributed by atoms with Crippen LogP contribution >= 0.6 is 0 Å². The van der Waals surface area contributed by atoms with Gasteiger partial charge < -0.3 is 14.8 Å². The summed E-state index contributed by atoms with van der Waals surface area (Å²) in [4.78, 5) is 19.3. The molecule has 1 aromatic heterocycles. The molecule has 0 saturated carbocycles. The maximum absolute atomic E-state index is 10.9. The van der Waals surface area contributed by atoms with Crippen LogP contribution in [0.15, 0.2) is 30.5 Å². The first-order valence-corrected chi connectivity index (χ1v) is 8.28. The molecule has 0 bridgehead atoms. The molecule has 0 unspecified atom stereocenters. The number of rotatable bonds is 5. The van der Waals surface area contributed by atoms with E-state index in [1.54, 1.807) is 6.07 Å². The number of carboxylic acids is 2. The highest BCUT2D eigenvalue weighted by Crippen LogP contribution is 2.17. The molecule has 1 aromatic carbocycles. The fraction of sp³-hybridized carbons (Fsp3) is 0.286. The first-order valence-electron chi connectivity index (χ1n) is 6.56. The van der Waals surface area contributed by atoms with Gasteiger partial charge in [-0.3, -0.25) is 9.59 Å². The molecule has 0 aliphatic rings. The molecule has 0 radical (unpaired) electrons. The molecule has 2 aromatic rings. The molecule has 0 atom stereocenters. The largest absolute Gasteiger partial charge is 0.481 e. The van der Waals surface area contributed by atoms with Gasteiger partial charge in [0.05, 0.1) is 18.6 Å². The van der Waals surface area contributed by atoms with Crippen molar-refractivity contribution in [3.8, 4) is 0 Å². The molecule has 4 N–H and O–H groups in total. The third-order valence-corrected chi connectivity index (χ3v) is 3.61. The fourth-order valence-corrected chi connectivity index (χ4v) is 2.51. The second-order valence-electron chi connectivity index (χ2n) is 4.91. The number of aliphatic carboxylic acids is 2. The van der Waals surface area contributed by atoms with Crippen molar-refractivity contribution in [2.75, 3.05) is 0 Å². The molecule has 126 valence electrons. The number of sulfonamides is 1. The predicted molar refractivity (Wildman–Crippen MR) is 84.2 cm³/mol. The zero-order chi connectivity index (χ0) is 17.6. The monoisotopic (exact) mass is 342 g/mol. The van der Waals surface area contributed by atoms with Crippen molar-refractivity contribution >= 4 is 32.9 Å². The molecule has 9 heteroatoms. The molecule has 0 amide bonds. The third kappa shape index (κ3) is 6.94. The first kappa shape index (κ1) is 18.7. The second-order valence-corrected chi connectivity index (χ2v) is 6.53. The zero-order valence-corrected chi connectivity index (χ0v) is 13.3. The normalized spacial score (nSPS) is 10.9. The van der Waals surface area contributed by atoms with E-state index >= 15 is 0 Å². The summed E-state index contributed by atoms with van der Waals surface area (Å²) in [5.41, 5.74) is 1.80. The summed E-state index contributed by atoms with van der Waals surface area (Å²) >= 11 is 0. The Bertz CT molecular complexity index is 796. The van der Waals surface area contributed by atoms with E-state index < -0.39 is 22.0 Å². The number of carboxylic acid groups (broad SMARTS) is 2. The van der Waals surface area contributed by atoms with Gasteiger partial charge >= 0.3 is 11.9 Å². The number of hydrogen-bond acceptors (Lipinski definition) is 4. The SMILES string of the molecule is Cn1ccc2cc(CS(N)(=O)=O)ccc21.O=C(O)CCC(=O)O. The summed E-state index contributed by atoms with van der Waals surface area (Å²) in [6.45, 7) is 0. The van der Waals surface area contributed by atoms with Crippen LogP contribution in [0.25, 0.3) is 10.9 Å². The fourth-order valence-electron chi connectivity index (χ4n) is 1.87. The van der Waals surface area contributed by atoms with Crippen molar-refractivity contribution in [3.05, 3.63) is 36.0 Å². The van der Waals surface area contributed by atoms with Crippen LogP contribution in [-0.2, 0) is 32.4 Å². The molecule has 0 saturated heterocycles. The molecule has 23 heavy (non-hydrogen) atoms. The van der Waals surface area contributed by atoms with Crippen molar-refractivity contribution in [1.82, 2.24) is 4.57 Å². The number of primary sulfonamides is 1. The highest BCUT2D eigenvalue weighted by Gasteiger charge is 2.06. The number of aryl methyl sites for hydroxylation is 1. The molecule has 8 nitrogen and oxygen atoms in total. The molecule has 0 fully saturated rings. The van der Waals surface area contributed by atoms with Crippen LogP contribution in [0.1, 0.15) is 18.4 Å². The highest BCUT2D eigenvalue weighted by molar-refractivity contribution is 7.88. The van der Waals surface area contributed by atoms with E-state index in [2.05, 4.69) is 0 Å². The van der Waals surface area contributed by atoms with Gasteiger partial charge in [-0.2, -0.15) is 0 Å². The number of nitrogens with zero attached hydrogens (tertiary/aromatic N) is 1. The lowest BCUT2D eigenvalue weighted by Crippen LogP contribution is -2.14. The van der Waals surface area contributed by atoms with E-state index in [0.29, 0.717) is 0 Å². The molecular formula is C14H18N2O6S. The molecule has 2 rings (SSSR count). The second kappa shape index (κ2) is 7.75. The number of nitrogens with two attached hydrogens (primary N) is 1. The molecule has 1 heterocycles. The Balaban J connectivity index is 0.000000284. The molecule has 0 aliphatic heterocycles. The maximum Gasteiger partial charge on any atom is 0.303 e. The Morgan fingerprint density at radius 3 is 2.17 bits per heavy atom. The van der Waals surface area contributed by atoms with Crippen molar-refractivity contribution < 1.29 is 28.2 Å². The van der Waals surface area contributed by atoms with E-state index in [1.165, 1.54) is 0 Å². The minimum absolute atomic E-state index is 0.113. The van der Waals surface area contributed by atoms with E-state index in [9.17, 15) is 18.0 Å². The van der Waals surface area contributed by atoms with E-state index in [-0.39, 0.29) is 18.6 Å². The summed E-state index contributed by atoms with van der Waals surface area (Å²) < 4.78 is 23.8. The van der Waals surface area contributed by atoms with Gasteiger partial charge in [0.25, 0.3) is 0 Å². The van der Waals surface area contributed by atoms with Crippen LogP contribution in [0.5, 0.6) is 0 Å². The molecule has 0 aliphatic carbocycles. The summed E-state index contributed by atoms with van der Waals surface area (Å²) in [7, 11) is -1.50. The predicted octanol–water partition coefficient (Wildman–Crippen LogP) is 0.903. The van der Waals surface area contributed by atoms with Gasteiger partial charge in [-0.05, 0) is 29.1 Å². The number of benzene rings is 1. The van der Waals surface area contributed by atoms with Crippen molar-refractivity contribution in [2.24, 2.45) is 12.2 Å². The van der Waals surface area contributed by atoms with Crippen molar-refractivity contribution in [2.45, 2.75) is 18.6 Å². The van der Waals surface area contributed by atoms with Gasteiger partial charge in [-0.1, -0.05) is 6.07 Å². The first-order chi connectivity index (χ1) is 10.6. The van der Waals surface area contributed by atoms with Gasteiger partial charge in [-0.15, -0.1) is 0 Å². The number of fused-ring (bicyclic) bond motifs is 1.